The van der Waals surface area contributed by atoms with Gasteiger partial charge in [-0.3, -0.25) is 4.79 Å². The second-order valence-electron chi connectivity index (χ2n) is 8.66. The van der Waals surface area contributed by atoms with Gasteiger partial charge in [-0.1, -0.05) is 0 Å². The van der Waals surface area contributed by atoms with Crippen molar-refractivity contribution in [2.75, 3.05) is 25.1 Å². The predicted molar refractivity (Wildman–Crippen MR) is 108 cm³/mol. The van der Waals surface area contributed by atoms with Gasteiger partial charge in [0.15, 0.2) is 5.75 Å². The molecular weight excluding hydrogens is 374 g/mol. The van der Waals surface area contributed by atoms with Crippen LogP contribution in [0.1, 0.15) is 37.3 Å². The number of aryl methyl sites for hydroxylation is 1. The zero-order chi connectivity index (χ0) is 20.6. The first kappa shape index (κ1) is 18.4. The van der Waals surface area contributed by atoms with Gasteiger partial charge in [-0.2, -0.15) is 0 Å². The third-order valence-electron chi connectivity index (χ3n) is 6.90. The van der Waals surface area contributed by atoms with E-state index < -0.39 is 17.3 Å². The Labute approximate surface area is 167 Å². The molecule has 1 aromatic carbocycles. The number of methoxy groups -OCH3 is 1. The summed E-state index contributed by atoms with van der Waals surface area (Å²) >= 11 is 0. The molecule has 8 nitrogen and oxygen atoms in total. The number of aromatic nitrogens is 1. The maximum absolute atomic E-state index is 12.9. The fourth-order valence-electron chi connectivity index (χ4n) is 4.93. The zero-order valence-electron chi connectivity index (χ0n) is 16.6. The monoisotopic (exact) mass is 399 g/mol. The van der Waals surface area contributed by atoms with Crippen molar-refractivity contribution in [3.63, 3.8) is 0 Å². The van der Waals surface area contributed by atoms with E-state index >= 15 is 0 Å². The number of anilines is 1. The van der Waals surface area contributed by atoms with Crippen LogP contribution < -0.4 is 20.8 Å². The van der Waals surface area contributed by atoms with E-state index in [2.05, 4.69) is 4.90 Å². The van der Waals surface area contributed by atoms with E-state index in [-0.39, 0.29) is 17.2 Å². The number of hydrogen-bond acceptors (Lipinski definition) is 6. The summed E-state index contributed by atoms with van der Waals surface area (Å²) in [5, 5.41) is 9.45. The van der Waals surface area contributed by atoms with Gasteiger partial charge in [-0.15, -0.1) is 0 Å². The van der Waals surface area contributed by atoms with Crippen LogP contribution in [-0.2, 0) is 4.74 Å². The molecule has 0 amide bonds. The molecule has 3 N–H and O–H groups in total. The van der Waals surface area contributed by atoms with Gasteiger partial charge in [0.25, 0.3) is 0 Å². The summed E-state index contributed by atoms with van der Waals surface area (Å²) in [6.07, 6.45) is 4.17. The molecule has 2 aromatic rings. The van der Waals surface area contributed by atoms with Crippen molar-refractivity contribution < 1.29 is 19.4 Å². The molecule has 8 heteroatoms. The van der Waals surface area contributed by atoms with Crippen LogP contribution in [0.3, 0.4) is 0 Å². The minimum absolute atomic E-state index is 0.00150. The first-order chi connectivity index (χ1) is 13.8. The number of nitrogens with two attached hydrogens (primary N) is 1. The van der Waals surface area contributed by atoms with Crippen LogP contribution >= 0.6 is 0 Å². The molecule has 3 aliphatic rings. The maximum Gasteiger partial charge on any atom is 0.511 e. The van der Waals surface area contributed by atoms with Crippen molar-refractivity contribution in [3.8, 4) is 5.75 Å². The van der Waals surface area contributed by atoms with Crippen molar-refractivity contribution in [2.45, 2.75) is 44.4 Å². The molecule has 0 radical (unpaired) electrons. The van der Waals surface area contributed by atoms with E-state index in [1.807, 2.05) is 17.6 Å². The summed E-state index contributed by atoms with van der Waals surface area (Å²) in [7, 11) is 1.67. The summed E-state index contributed by atoms with van der Waals surface area (Å²) in [5.74, 6) is -0.150. The lowest BCUT2D eigenvalue weighted by atomic mass is 9.97. The SMILES string of the molecule is CO[C@]1(N)CN(c2ccc3c(=O)c(OC(=O)O)cn(C4CC4)c3c2C)CC12CC2. The van der Waals surface area contributed by atoms with E-state index in [9.17, 15) is 9.59 Å². The standard InChI is InChI=1S/C21H25N3O5/c1-12-15(23-10-20(7-8-20)21(22,11-23)28-2)6-5-14-17(12)24(13-3-4-13)9-16(18(14)25)29-19(26)27/h5-6,9,13H,3-4,7-8,10-11,22H2,1-2H3,(H,26,27)/t21-/m1/s1. The van der Waals surface area contributed by atoms with Gasteiger partial charge in [0.1, 0.15) is 5.72 Å². The molecule has 2 aliphatic carbocycles. The van der Waals surface area contributed by atoms with Gasteiger partial charge in [-0.05, 0) is 50.3 Å². The Bertz CT molecular complexity index is 1090. The van der Waals surface area contributed by atoms with E-state index in [4.69, 9.17) is 20.3 Å². The topological polar surface area (TPSA) is 107 Å². The highest BCUT2D eigenvalue weighted by Crippen LogP contribution is 2.58. The molecule has 2 saturated carbocycles. The zero-order valence-corrected chi connectivity index (χ0v) is 16.6. The van der Waals surface area contributed by atoms with Crippen molar-refractivity contribution in [3.05, 3.63) is 34.1 Å². The molecule has 1 aliphatic heterocycles. The van der Waals surface area contributed by atoms with Gasteiger partial charge in [0, 0.05) is 30.8 Å². The molecule has 154 valence electrons. The third kappa shape index (κ3) is 2.66. The average molecular weight is 399 g/mol. The molecule has 2 heterocycles. The van der Waals surface area contributed by atoms with Gasteiger partial charge < -0.3 is 29.8 Å². The molecule has 1 atom stereocenters. The highest BCUT2D eigenvalue weighted by Gasteiger charge is 2.63. The van der Waals surface area contributed by atoms with Crippen LogP contribution in [0.2, 0.25) is 0 Å². The summed E-state index contributed by atoms with van der Waals surface area (Å²) in [6.45, 7) is 3.44. The van der Waals surface area contributed by atoms with Gasteiger partial charge in [0.05, 0.1) is 23.6 Å². The van der Waals surface area contributed by atoms with Crippen LogP contribution in [0, 0.1) is 12.3 Å². The van der Waals surface area contributed by atoms with Crippen LogP contribution in [0.5, 0.6) is 5.75 Å². The second kappa shape index (κ2) is 5.96. The first-order valence-corrected chi connectivity index (χ1v) is 9.97. The Kier molecular flexibility index (Phi) is 3.79. The number of hydrogen-bond donors (Lipinski definition) is 2. The van der Waals surface area contributed by atoms with Crippen molar-refractivity contribution >= 4 is 22.7 Å². The normalized spacial score (nSPS) is 25.0. The highest BCUT2D eigenvalue weighted by molar-refractivity contribution is 5.89. The Morgan fingerprint density at radius 1 is 1.28 bits per heavy atom. The predicted octanol–water partition coefficient (Wildman–Crippen LogP) is 2.60. The van der Waals surface area contributed by atoms with Crippen molar-refractivity contribution in [2.24, 2.45) is 11.1 Å². The maximum atomic E-state index is 12.9. The lowest BCUT2D eigenvalue weighted by Crippen LogP contribution is -2.50. The van der Waals surface area contributed by atoms with Gasteiger partial charge >= 0.3 is 6.16 Å². The van der Waals surface area contributed by atoms with Crippen molar-refractivity contribution in [1.82, 2.24) is 4.57 Å². The average Bonchev–Trinajstić information content (AvgIpc) is 3.57. The molecule has 1 saturated heterocycles. The van der Waals surface area contributed by atoms with Gasteiger partial charge in [-0.25, -0.2) is 4.79 Å². The van der Waals surface area contributed by atoms with E-state index in [0.29, 0.717) is 11.9 Å². The number of rotatable bonds is 4. The largest absolute Gasteiger partial charge is 0.511 e. The smallest absolute Gasteiger partial charge is 0.449 e. The number of nitrogens with zero attached hydrogens (tertiary/aromatic N) is 2. The molecule has 1 aromatic heterocycles. The number of carbonyl (C=O) groups is 1. The molecule has 1 spiro atoms. The van der Waals surface area contributed by atoms with Gasteiger partial charge in [0.2, 0.25) is 5.43 Å². The fourth-order valence-corrected chi connectivity index (χ4v) is 4.93. The molecule has 3 fully saturated rings. The van der Waals surface area contributed by atoms with Crippen LogP contribution in [0.4, 0.5) is 10.5 Å². The second-order valence-corrected chi connectivity index (χ2v) is 8.66. The molecule has 0 bridgehead atoms. The first-order valence-electron chi connectivity index (χ1n) is 9.97. The molecule has 5 rings (SSSR count). The minimum atomic E-state index is -1.48. The quantitative estimate of drug-likeness (QED) is 0.601. The summed E-state index contributed by atoms with van der Waals surface area (Å²) in [6, 6.07) is 3.96. The number of benzene rings is 1. The molecule has 0 unspecified atom stereocenters. The minimum Gasteiger partial charge on any atom is -0.449 e. The fraction of sp³-hybridized carbons (Fsp3) is 0.524. The number of ether oxygens (including phenoxy) is 2. The summed E-state index contributed by atoms with van der Waals surface area (Å²) in [5.41, 5.74) is 8.37. The van der Waals surface area contributed by atoms with Crippen LogP contribution in [0.25, 0.3) is 10.9 Å². The Morgan fingerprint density at radius 3 is 2.55 bits per heavy atom. The molecule has 29 heavy (non-hydrogen) atoms. The number of pyridine rings is 1. The number of fused-ring (bicyclic) bond motifs is 1. The van der Waals surface area contributed by atoms with E-state index in [1.54, 1.807) is 19.4 Å². The van der Waals surface area contributed by atoms with Crippen LogP contribution in [-0.4, -0.2) is 41.8 Å². The lowest BCUT2D eigenvalue weighted by Gasteiger charge is -2.28. The molecular formula is C21H25N3O5. The number of carboxylic acid groups (broad SMARTS) is 1. The third-order valence-corrected chi connectivity index (χ3v) is 6.90. The van der Waals surface area contributed by atoms with E-state index in [0.717, 1.165) is 49.0 Å². The van der Waals surface area contributed by atoms with E-state index in [1.165, 1.54) is 0 Å². The van der Waals surface area contributed by atoms with Crippen LogP contribution in [0.15, 0.2) is 23.1 Å². The Morgan fingerprint density at radius 2 is 2.00 bits per heavy atom. The lowest BCUT2D eigenvalue weighted by molar-refractivity contribution is -0.0334. The summed E-state index contributed by atoms with van der Waals surface area (Å²) in [4.78, 5) is 26.1. The Hall–Kier alpha value is -2.58. The highest BCUT2D eigenvalue weighted by atomic mass is 16.7. The summed E-state index contributed by atoms with van der Waals surface area (Å²) < 4.78 is 12.5. The van der Waals surface area contributed by atoms with Crippen molar-refractivity contribution in [1.29, 1.82) is 0 Å². The Balaban J connectivity index is 1.65.